The van der Waals surface area contributed by atoms with Gasteiger partial charge in [0, 0.05) is 6.42 Å². The topological polar surface area (TPSA) is 84.9 Å². The van der Waals surface area contributed by atoms with Crippen LogP contribution in [0.15, 0.2) is 54.6 Å². The molecular formula is C20H23NO5. The maximum atomic E-state index is 12.1. The monoisotopic (exact) mass is 357 g/mol. The summed E-state index contributed by atoms with van der Waals surface area (Å²) < 4.78 is 11.1. The normalized spacial score (nSPS) is 11.4. The molecule has 0 aromatic heterocycles. The minimum absolute atomic E-state index is 0.174. The fourth-order valence-electron chi connectivity index (χ4n) is 2.43. The third kappa shape index (κ3) is 5.81. The Morgan fingerprint density at radius 2 is 1.62 bits per heavy atom. The number of hydrogen-bond acceptors (Lipinski definition) is 4. The van der Waals surface area contributed by atoms with Gasteiger partial charge in [0.25, 0.3) is 0 Å². The molecule has 6 nitrogen and oxygen atoms in total. The van der Waals surface area contributed by atoms with E-state index in [0.29, 0.717) is 36.7 Å². The number of amides is 1. The van der Waals surface area contributed by atoms with Crippen LogP contribution in [0.5, 0.6) is 11.5 Å². The highest BCUT2D eigenvalue weighted by atomic mass is 16.5. The molecule has 0 spiro atoms. The fraction of sp³-hybridized carbons (Fsp3) is 0.300. The van der Waals surface area contributed by atoms with Gasteiger partial charge in [-0.2, -0.15) is 0 Å². The summed E-state index contributed by atoms with van der Waals surface area (Å²) in [7, 11) is 0. The standard InChI is InChI=1S/C20H23NO5/c1-2-25-16-11-6-7-12-17(16)26-14-8-13-18(22)21-19(20(23)24)15-9-4-3-5-10-15/h3-7,9-12,19H,2,8,13-14H2,1H3,(H,21,22)(H,23,24). The Hall–Kier alpha value is -3.02. The molecule has 0 radical (unpaired) electrons. The first-order valence-corrected chi connectivity index (χ1v) is 8.53. The smallest absolute Gasteiger partial charge is 0.330 e. The lowest BCUT2D eigenvalue weighted by Gasteiger charge is -2.15. The number of rotatable bonds is 10. The van der Waals surface area contributed by atoms with Crippen molar-refractivity contribution in [3.05, 3.63) is 60.2 Å². The third-order valence-electron chi connectivity index (χ3n) is 3.64. The summed E-state index contributed by atoms with van der Waals surface area (Å²) in [5.74, 6) is -0.133. The Morgan fingerprint density at radius 3 is 2.23 bits per heavy atom. The highest BCUT2D eigenvalue weighted by Gasteiger charge is 2.21. The van der Waals surface area contributed by atoms with Crippen molar-refractivity contribution in [1.82, 2.24) is 5.32 Å². The molecule has 1 unspecified atom stereocenters. The molecule has 138 valence electrons. The summed E-state index contributed by atoms with van der Waals surface area (Å²) in [4.78, 5) is 23.5. The molecule has 2 rings (SSSR count). The van der Waals surface area contributed by atoms with E-state index >= 15 is 0 Å². The Balaban J connectivity index is 1.81. The number of para-hydroxylation sites is 2. The lowest BCUT2D eigenvalue weighted by molar-refractivity contribution is -0.142. The maximum Gasteiger partial charge on any atom is 0.330 e. The van der Waals surface area contributed by atoms with Crippen LogP contribution in [0.1, 0.15) is 31.4 Å². The molecule has 0 aliphatic carbocycles. The molecule has 0 aliphatic rings. The van der Waals surface area contributed by atoms with E-state index in [1.54, 1.807) is 36.4 Å². The van der Waals surface area contributed by atoms with Gasteiger partial charge in [-0.3, -0.25) is 4.79 Å². The molecule has 0 aliphatic heterocycles. The van der Waals surface area contributed by atoms with Gasteiger partial charge in [0.2, 0.25) is 5.91 Å². The predicted octanol–water partition coefficient (Wildman–Crippen LogP) is 3.19. The molecule has 2 N–H and O–H groups in total. The average Bonchev–Trinajstić information content (AvgIpc) is 2.65. The fourth-order valence-corrected chi connectivity index (χ4v) is 2.43. The van der Waals surface area contributed by atoms with Crippen LogP contribution < -0.4 is 14.8 Å². The number of carboxylic acids is 1. The minimum Gasteiger partial charge on any atom is -0.490 e. The summed E-state index contributed by atoms with van der Waals surface area (Å²) in [6, 6.07) is 14.9. The first-order chi connectivity index (χ1) is 12.6. The molecule has 0 saturated carbocycles. The number of benzene rings is 2. The highest BCUT2D eigenvalue weighted by molar-refractivity contribution is 5.84. The molecule has 2 aromatic rings. The second kappa shape index (κ2) is 10.1. The lowest BCUT2D eigenvalue weighted by Crippen LogP contribution is -2.33. The summed E-state index contributed by atoms with van der Waals surface area (Å²) >= 11 is 0. The van der Waals surface area contributed by atoms with Crippen molar-refractivity contribution in [2.75, 3.05) is 13.2 Å². The lowest BCUT2D eigenvalue weighted by atomic mass is 10.1. The van der Waals surface area contributed by atoms with E-state index in [0.717, 1.165) is 0 Å². The molecule has 26 heavy (non-hydrogen) atoms. The van der Waals surface area contributed by atoms with Crippen molar-refractivity contribution in [2.24, 2.45) is 0 Å². The second-order valence-corrected chi connectivity index (χ2v) is 5.58. The van der Waals surface area contributed by atoms with Gasteiger partial charge < -0.3 is 19.9 Å². The quantitative estimate of drug-likeness (QED) is 0.638. The molecule has 2 aromatic carbocycles. The number of carboxylic acid groups (broad SMARTS) is 1. The average molecular weight is 357 g/mol. The number of nitrogens with one attached hydrogen (secondary N) is 1. The van der Waals surface area contributed by atoms with Gasteiger partial charge in [0.1, 0.15) is 0 Å². The number of carbonyl (C=O) groups is 2. The van der Waals surface area contributed by atoms with E-state index in [1.165, 1.54) is 0 Å². The maximum absolute atomic E-state index is 12.1. The van der Waals surface area contributed by atoms with Gasteiger partial charge in [-0.05, 0) is 31.0 Å². The van der Waals surface area contributed by atoms with Crippen molar-refractivity contribution in [3.8, 4) is 11.5 Å². The van der Waals surface area contributed by atoms with Gasteiger partial charge in [-0.1, -0.05) is 42.5 Å². The Morgan fingerprint density at radius 1 is 1.00 bits per heavy atom. The van der Waals surface area contributed by atoms with Crippen LogP contribution in [0.2, 0.25) is 0 Å². The van der Waals surface area contributed by atoms with Crippen LogP contribution in [0.4, 0.5) is 0 Å². The Bertz CT molecular complexity index is 717. The summed E-state index contributed by atoms with van der Waals surface area (Å²) in [6.07, 6.45) is 0.640. The SMILES string of the molecule is CCOc1ccccc1OCCCC(=O)NC(C(=O)O)c1ccccc1. The van der Waals surface area contributed by atoms with Gasteiger partial charge in [0.05, 0.1) is 13.2 Å². The van der Waals surface area contributed by atoms with Crippen LogP contribution in [-0.4, -0.2) is 30.2 Å². The minimum atomic E-state index is -1.09. The van der Waals surface area contributed by atoms with Gasteiger partial charge in [0.15, 0.2) is 17.5 Å². The van der Waals surface area contributed by atoms with Gasteiger partial charge in [-0.15, -0.1) is 0 Å². The van der Waals surface area contributed by atoms with E-state index in [4.69, 9.17) is 9.47 Å². The largest absolute Gasteiger partial charge is 0.490 e. The summed E-state index contributed by atoms with van der Waals surface area (Å²) in [5.41, 5.74) is 0.537. The predicted molar refractivity (Wildman–Crippen MR) is 97.3 cm³/mol. The first kappa shape index (κ1) is 19.3. The second-order valence-electron chi connectivity index (χ2n) is 5.58. The van der Waals surface area contributed by atoms with Crippen molar-refractivity contribution < 1.29 is 24.2 Å². The first-order valence-electron chi connectivity index (χ1n) is 8.53. The van der Waals surface area contributed by atoms with E-state index < -0.39 is 12.0 Å². The van der Waals surface area contributed by atoms with Crippen LogP contribution in [0.25, 0.3) is 0 Å². The molecule has 0 heterocycles. The van der Waals surface area contributed by atoms with E-state index in [9.17, 15) is 14.7 Å². The zero-order valence-electron chi connectivity index (χ0n) is 14.7. The summed E-state index contributed by atoms with van der Waals surface area (Å²) in [5, 5.41) is 11.9. The van der Waals surface area contributed by atoms with Gasteiger partial charge >= 0.3 is 5.97 Å². The van der Waals surface area contributed by atoms with Crippen LogP contribution in [-0.2, 0) is 9.59 Å². The van der Waals surface area contributed by atoms with Crippen molar-refractivity contribution >= 4 is 11.9 Å². The third-order valence-corrected chi connectivity index (χ3v) is 3.64. The van der Waals surface area contributed by atoms with Crippen molar-refractivity contribution in [3.63, 3.8) is 0 Å². The molecule has 1 atom stereocenters. The van der Waals surface area contributed by atoms with Crippen LogP contribution in [0, 0.1) is 0 Å². The van der Waals surface area contributed by atoms with E-state index in [2.05, 4.69) is 5.32 Å². The molecule has 0 bridgehead atoms. The zero-order valence-corrected chi connectivity index (χ0v) is 14.7. The van der Waals surface area contributed by atoms with E-state index in [1.807, 2.05) is 25.1 Å². The summed E-state index contributed by atoms with van der Waals surface area (Å²) in [6.45, 7) is 2.77. The number of hydrogen-bond donors (Lipinski definition) is 2. The van der Waals surface area contributed by atoms with E-state index in [-0.39, 0.29) is 12.3 Å². The molecule has 0 fully saturated rings. The van der Waals surface area contributed by atoms with Gasteiger partial charge in [-0.25, -0.2) is 4.79 Å². The number of aliphatic carboxylic acids is 1. The zero-order chi connectivity index (χ0) is 18.8. The van der Waals surface area contributed by atoms with Crippen molar-refractivity contribution in [1.29, 1.82) is 0 Å². The van der Waals surface area contributed by atoms with Crippen LogP contribution >= 0.6 is 0 Å². The van der Waals surface area contributed by atoms with Crippen molar-refractivity contribution in [2.45, 2.75) is 25.8 Å². The molecular weight excluding hydrogens is 334 g/mol. The molecule has 0 saturated heterocycles. The van der Waals surface area contributed by atoms with Crippen LogP contribution in [0.3, 0.4) is 0 Å². The number of ether oxygens (including phenoxy) is 2. The number of carbonyl (C=O) groups excluding carboxylic acids is 1. The molecule has 6 heteroatoms. The Kier molecular flexibility index (Phi) is 7.49. The Labute approximate surface area is 152 Å². The highest BCUT2D eigenvalue weighted by Crippen LogP contribution is 2.26. The molecule has 1 amide bonds.